The van der Waals surface area contributed by atoms with Gasteiger partial charge in [-0.1, -0.05) is 0 Å². The lowest BCUT2D eigenvalue weighted by molar-refractivity contribution is 0.0916. The molecule has 1 aromatic rings. The highest BCUT2D eigenvalue weighted by atomic mass is 32.2. The van der Waals surface area contributed by atoms with E-state index in [1.165, 1.54) is 18.3 Å². The first kappa shape index (κ1) is 14.2. The van der Waals surface area contributed by atoms with E-state index in [9.17, 15) is 8.42 Å². The zero-order valence-corrected chi connectivity index (χ0v) is 11.5. The molecule has 4 N–H and O–H groups in total. The topological polar surface area (TPSA) is 106 Å². The fourth-order valence-electron chi connectivity index (χ4n) is 2.27. The molecular weight excluding hydrogens is 268 g/mol. The van der Waals surface area contributed by atoms with E-state index in [-0.39, 0.29) is 17.0 Å². The Balaban J connectivity index is 2.17. The van der Waals surface area contributed by atoms with Crippen LogP contribution in [0.25, 0.3) is 0 Å². The highest BCUT2D eigenvalue weighted by molar-refractivity contribution is 7.89. The third kappa shape index (κ3) is 3.21. The first-order valence-corrected chi connectivity index (χ1v) is 7.53. The quantitative estimate of drug-likeness (QED) is 0.528. The van der Waals surface area contributed by atoms with Crippen LogP contribution < -0.4 is 16.0 Å². The van der Waals surface area contributed by atoms with Crippen LogP contribution >= 0.6 is 0 Å². The van der Waals surface area contributed by atoms with Gasteiger partial charge in [0.05, 0.1) is 11.0 Å². The molecule has 7 nitrogen and oxygen atoms in total. The summed E-state index contributed by atoms with van der Waals surface area (Å²) in [5.41, 5.74) is 2.33. The van der Waals surface area contributed by atoms with Gasteiger partial charge in [-0.05, 0) is 25.3 Å². The summed E-state index contributed by atoms with van der Waals surface area (Å²) in [4.78, 5) is 4.02. The van der Waals surface area contributed by atoms with Crippen LogP contribution in [-0.4, -0.2) is 32.7 Å². The predicted octanol–water partition coefficient (Wildman–Crippen LogP) is 0.213. The Morgan fingerprint density at radius 2 is 2.26 bits per heavy atom. The van der Waals surface area contributed by atoms with Crippen molar-refractivity contribution in [1.29, 1.82) is 0 Å². The number of pyridine rings is 1. The molecule has 0 aliphatic heterocycles. The van der Waals surface area contributed by atoms with Gasteiger partial charge in [-0.3, -0.25) is 0 Å². The molecule has 0 spiro atoms. The minimum absolute atomic E-state index is 0.0660. The van der Waals surface area contributed by atoms with Crippen LogP contribution in [0.5, 0.6) is 0 Å². The third-order valence-corrected chi connectivity index (χ3v) is 4.74. The van der Waals surface area contributed by atoms with Crippen molar-refractivity contribution in [2.24, 2.45) is 5.84 Å². The van der Waals surface area contributed by atoms with Gasteiger partial charge in [-0.2, -0.15) is 0 Å². The Labute approximate surface area is 112 Å². The van der Waals surface area contributed by atoms with E-state index in [4.69, 9.17) is 10.6 Å². The van der Waals surface area contributed by atoms with Crippen molar-refractivity contribution in [3.63, 3.8) is 0 Å². The van der Waals surface area contributed by atoms with Crippen LogP contribution in [0.1, 0.15) is 19.3 Å². The summed E-state index contributed by atoms with van der Waals surface area (Å²) in [6.45, 7) is 0. The number of rotatable bonds is 5. The Bertz CT molecular complexity index is 534. The molecule has 0 bridgehead atoms. The zero-order valence-electron chi connectivity index (χ0n) is 10.7. The molecule has 8 heteroatoms. The summed E-state index contributed by atoms with van der Waals surface area (Å²) < 4.78 is 32.5. The second-order valence-corrected chi connectivity index (χ2v) is 6.17. The first-order valence-electron chi connectivity index (χ1n) is 6.04. The van der Waals surface area contributed by atoms with Crippen LogP contribution in [0, 0.1) is 0 Å². The van der Waals surface area contributed by atoms with E-state index in [1.807, 2.05) is 0 Å². The van der Waals surface area contributed by atoms with Crippen LogP contribution in [0.4, 0.5) is 5.82 Å². The normalized spacial score (nSPS) is 23.5. The lowest BCUT2D eigenvalue weighted by atomic mass is 10.2. The fraction of sp³-hybridized carbons (Fsp3) is 0.545. The lowest BCUT2D eigenvalue weighted by Crippen LogP contribution is -2.40. The lowest BCUT2D eigenvalue weighted by Gasteiger charge is -2.19. The van der Waals surface area contributed by atoms with Gasteiger partial charge < -0.3 is 10.2 Å². The Morgan fingerprint density at radius 3 is 2.95 bits per heavy atom. The molecule has 0 saturated heterocycles. The maximum atomic E-state index is 12.3. The number of aromatic nitrogens is 1. The van der Waals surface area contributed by atoms with Gasteiger partial charge in [-0.15, -0.1) is 0 Å². The molecule has 106 valence electrons. The standard InChI is InChI=1S/C11H18N4O3S/c1-18-10-4-2-3-9(10)15-19(16,17)8-5-6-13-11(7-8)14-12/h5-7,9-10,15H,2-4,12H2,1H3,(H,13,14). The Kier molecular flexibility index (Phi) is 4.35. The van der Waals surface area contributed by atoms with Crippen LogP contribution in [0.3, 0.4) is 0 Å². The Morgan fingerprint density at radius 1 is 1.47 bits per heavy atom. The summed E-state index contributed by atoms with van der Waals surface area (Å²) in [5.74, 6) is 5.52. The molecule has 1 aliphatic rings. The van der Waals surface area contributed by atoms with E-state index in [0.717, 1.165) is 19.3 Å². The SMILES string of the molecule is COC1CCCC1NS(=O)(=O)c1ccnc(NN)c1. The average Bonchev–Trinajstić information content (AvgIpc) is 2.85. The molecule has 0 amide bonds. The van der Waals surface area contributed by atoms with E-state index in [1.54, 1.807) is 7.11 Å². The molecule has 19 heavy (non-hydrogen) atoms. The number of sulfonamides is 1. The molecule has 0 aromatic carbocycles. The van der Waals surface area contributed by atoms with Crippen LogP contribution in [-0.2, 0) is 14.8 Å². The fourth-order valence-corrected chi connectivity index (χ4v) is 3.58. The van der Waals surface area contributed by atoms with Crippen molar-refractivity contribution >= 4 is 15.8 Å². The molecule has 1 aliphatic carbocycles. The number of ether oxygens (including phenoxy) is 1. The maximum Gasteiger partial charge on any atom is 0.241 e. The molecular formula is C11H18N4O3S. The van der Waals surface area contributed by atoms with Crippen LogP contribution in [0.2, 0.25) is 0 Å². The number of nitrogens with two attached hydrogens (primary N) is 1. The monoisotopic (exact) mass is 286 g/mol. The molecule has 2 atom stereocenters. The molecule has 1 fully saturated rings. The van der Waals surface area contributed by atoms with E-state index in [2.05, 4.69) is 15.1 Å². The minimum atomic E-state index is -3.58. The molecule has 2 unspecified atom stereocenters. The molecule has 1 heterocycles. The highest BCUT2D eigenvalue weighted by Crippen LogP contribution is 2.23. The second-order valence-electron chi connectivity index (χ2n) is 4.45. The summed E-state index contributed by atoms with van der Waals surface area (Å²) >= 11 is 0. The first-order chi connectivity index (χ1) is 9.06. The van der Waals surface area contributed by atoms with Crippen molar-refractivity contribution in [3.8, 4) is 0 Å². The number of nitrogens with one attached hydrogen (secondary N) is 2. The summed E-state index contributed by atoms with van der Waals surface area (Å²) in [6.07, 6.45) is 3.94. The van der Waals surface area contributed by atoms with Gasteiger partial charge in [0.15, 0.2) is 0 Å². The maximum absolute atomic E-state index is 12.3. The van der Waals surface area contributed by atoms with Gasteiger partial charge in [0, 0.05) is 25.4 Å². The second kappa shape index (κ2) is 5.83. The number of nitrogen functional groups attached to an aromatic ring is 1. The summed E-state index contributed by atoms with van der Waals surface area (Å²) in [6, 6.07) is 2.64. The average molecular weight is 286 g/mol. The largest absolute Gasteiger partial charge is 0.380 e. The number of methoxy groups -OCH3 is 1. The highest BCUT2D eigenvalue weighted by Gasteiger charge is 2.31. The van der Waals surface area contributed by atoms with Crippen molar-refractivity contribution in [1.82, 2.24) is 9.71 Å². The number of nitrogens with zero attached hydrogens (tertiary/aromatic N) is 1. The zero-order chi connectivity index (χ0) is 13.9. The third-order valence-electron chi connectivity index (χ3n) is 3.25. The number of hydrogen-bond acceptors (Lipinski definition) is 6. The van der Waals surface area contributed by atoms with Gasteiger partial charge >= 0.3 is 0 Å². The number of hydrogen-bond donors (Lipinski definition) is 3. The summed E-state index contributed by atoms with van der Waals surface area (Å²) in [7, 11) is -1.99. The van der Waals surface area contributed by atoms with E-state index in [0.29, 0.717) is 5.82 Å². The molecule has 1 aromatic heterocycles. The molecule has 1 saturated carbocycles. The van der Waals surface area contributed by atoms with Crippen molar-refractivity contribution in [3.05, 3.63) is 18.3 Å². The van der Waals surface area contributed by atoms with E-state index >= 15 is 0 Å². The van der Waals surface area contributed by atoms with Crippen molar-refractivity contribution in [2.45, 2.75) is 36.3 Å². The molecule has 2 rings (SSSR count). The number of hydrazine groups is 1. The van der Waals surface area contributed by atoms with E-state index < -0.39 is 10.0 Å². The van der Waals surface area contributed by atoms with Gasteiger partial charge in [0.2, 0.25) is 10.0 Å². The number of anilines is 1. The molecule has 0 radical (unpaired) electrons. The smallest absolute Gasteiger partial charge is 0.241 e. The van der Waals surface area contributed by atoms with Gasteiger partial charge in [0.1, 0.15) is 5.82 Å². The summed E-state index contributed by atoms with van der Waals surface area (Å²) in [5, 5.41) is 0. The predicted molar refractivity (Wildman–Crippen MR) is 70.8 cm³/mol. The van der Waals surface area contributed by atoms with Crippen LogP contribution in [0.15, 0.2) is 23.2 Å². The van der Waals surface area contributed by atoms with Crippen molar-refractivity contribution in [2.75, 3.05) is 12.5 Å². The van der Waals surface area contributed by atoms with Gasteiger partial charge in [0.25, 0.3) is 0 Å². The van der Waals surface area contributed by atoms with Gasteiger partial charge in [-0.25, -0.2) is 24.0 Å². The van der Waals surface area contributed by atoms with Crippen molar-refractivity contribution < 1.29 is 13.2 Å². The minimum Gasteiger partial charge on any atom is -0.380 e. The Hall–Kier alpha value is -1.22.